The molecule has 1 aliphatic rings. The maximum Gasteiger partial charge on any atom is 0.124 e. The minimum Gasteiger partial charge on any atom is -0.390 e. The van der Waals surface area contributed by atoms with Gasteiger partial charge in [0, 0.05) is 4.88 Å². The standard InChI is InChI=1S/C10H14O2S/c11-8-4-1-2-6-10(8,12)9-5-3-7-13-9/h3,5,7-8,11-12H,1-2,4,6H2/t8-,10+/m1/s1. The summed E-state index contributed by atoms with van der Waals surface area (Å²) in [6, 6.07) is 3.82. The summed E-state index contributed by atoms with van der Waals surface area (Å²) in [4.78, 5) is 0.903. The third-order valence-corrected chi connectivity index (χ3v) is 3.82. The number of aliphatic hydroxyl groups excluding tert-OH is 1. The van der Waals surface area contributed by atoms with E-state index in [0.717, 1.165) is 17.7 Å². The van der Waals surface area contributed by atoms with Crippen LogP contribution in [0.5, 0.6) is 0 Å². The fourth-order valence-corrected chi connectivity index (χ4v) is 2.85. The van der Waals surface area contributed by atoms with Crippen LogP contribution < -0.4 is 0 Å². The van der Waals surface area contributed by atoms with Gasteiger partial charge in [-0.3, -0.25) is 0 Å². The fourth-order valence-electron chi connectivity index (χ4n) is 1.95. The van der Waals surface area contributed by atoms with Gasteiger partial charge in [-0.1, -0.05) is 18.9 Å². The maximum absolute atomic E-state index is 10.3. The Morgan fingerprint density at radius 3 is 2.92 bits per heavy atom. The second-order valence-electron chi connectivity index (χ2n) is 3.66. The lowest BCUT2D eigenvalue weighted by Crippen LogP contribution is -2.41. The summed E-state index contributed by atoms with van der Waals surface area (Å²) < 4.78 is 0. The number of thiophene rings is 1. The van der Waals surface area contributed by atoms with Crippen LogP contribution >= 0.6 is 11.3 Å². The van der Waals surface area contributed by atoms with E-state index < -0.39 is 11.7 Å². The molecule has 0 bridgehead atoms. The molecule has 0 saturated heterocycles. The van der Waals surface area contributed by atoms with Gasteiger partial charge in [-0.05, 0) is 24.3 Å². The molecule has 0 spiro atoms. The van der Waals surface area contributed by atoms with E-state index >= 15 is 0 Å². The van der Waals surface area contributed by atoms with Crippen molar-refractivity contribution in [3.63, 3.8) is 0 Å². The highest BCUT2D eigenvalue weighted by Gasteiger charge is 2.39. The van der Waals surface area contributed by atoms with E-state index in [9.17, 15) is 10.2 Å². The lowest BCUT2D eigenvalue weighted by Gasteiger charge is -2.36. The van der Waals surface area contributed by atoms with Gasteiger partial charge in [0.15, 0.2) is 0 Å². The van der Waals surface area contributed by atoms with Crippen molar-refractivity contribution in [1.82, 2.24) is 0 Å². The Morgan fingerprint density at radius 2 is 2.31 bits per heavy atom. The summed E-state index contributed by atoms with van der Waals surface area (Å²) in [5, 5.41) is 22.0. The Hall–Kier alpha value is -0.380. The highest BCUT2D eigenvalue weighted by molar-refractivity contribution is 7.10. The van der Waals surface area contributed by atoms with Crippen molar-refractivity contribution in [3.8, 4) is 0 Å². The molecule has 2 rings (SSSR count). The Bertz CT molecular complexity index is 270. The molecule has 72 valence electrons. The SMILES string of the molecule is O[C@@H]1CCCC[C@@]1(O)c1cccs1. The molecule has 1 aromatic heterocycles. The second-order valence-corrected chi connectivity index (χ2v) is 4.61. The molecule has 0 amide bonds. The molecule has 0 radical (unpaired) electrons. The van der Waals surface area contributed by atoms with Gasteiger partial charge in [0.2, 0.25) is 0 Å². The lowest BCUT2D eigenvalue weighted by molar-refractivity contribution is -0.103. The van der Waals surface area contributed by atoms with Gasteiger partial charge in [0.25, 0.3) is 0 Å². The van der Waals surface area contributed by atoms with Crippen molar-refractivity contribution < 1.29 is 10.2 Å². The first kappa shape index (κ1) is 9.19. The zero-order valence-corrected chi connectivity index (χ0v) is 8.26. The number of rotatable bonds is 1. The van der Waals surface area contributed by atoms with Gasteiger partial charge in [0.05, 0.1) is 6.10 Å². The molecular formula is C10H14O2S. The molecule has 0 aliphatic heterocycles. The molecule has 1 fully saturated rings. The van der Waals surface area contributed by atoms with Gasteiger partial charge in [-0.15, -0.1) is 11.3 Å². The van der Waals surface area contributed by atoms with E-state index in [2.05, 4.69) is 0 Å². The van der Waals surface area contributed by atoms with Crippen LogP contribution in [-0.4, -0.2) is 16.3 Å². The topological polar surface area (TPSA) is 40.5 Å². The van der Waals surface area contributed by atoms with Crippen LogP contribution in [0.4, 0.5) is 0 Å². The molecular weight excluding hydrogens is 184 g/mol. The smallest absolute Gasteiger partial charge is 0.124 e. The zero-order valence-electron chi connectivity index (χ0n) is 7.44. The summed E-state index contributed by atoms with van der Waals surface area (Å²) in [7, 11) is 0. The van der Waals surface area contributed by atoms with Crippen molar-refractivity contribution in [2.75, 3.05) is 0 Å². The first-order chi connectivity index (χ1) is 6.23. The van der Waals surface area contributed by atoms with Gasteiger partial charge < -0.3 is 10.2 Å². The Morgan fingerprint density at radius 1 is 1.46 bits per heavy atom. The molecule has 0 unspecified atom stereocenters. The monoisotopic (exact) mass is 198 g/mol. The van der Waals surface area contributed by atoms with Gasteiger partial charge in [-0.2, -0.15) is 0 Å². The van der Waals surface area contributed by atoms with Crippen molar-refractivity contribution in [2.24, 2.45) is 0 Å². The summed E-state index contributed by atoms with van der Waals surface area (Å²) in [6.45, 7) is 0. The van der Waals surface area contributed by atoms with Crippen LogP contribution in [0.3, 0.4) is 0 Å². The average molecular weight is 198 g/mol. The molecule has 2 nitrogen and oxygen atoms in total. The van der Waals surface area contributed by atoms with Crippen molar-refractivity contribution in [3.05, 3.63) is 22.4 Å². The Kier molecular flexibility index (Phi) is 2.41. The van der Waals surface area contributed by atoms with Crippen molar-refractivity contribution in [1.29, 1.82) is 0 Å². The van der Waals surface area contributed by atoms with Crippen LogP contribution in [0.25, 0.3) is 0 Å². The van der Waals surface area contributed by atoms with Crippen molar-refractivity contribution >= 4 is 11.3 Å². The predicted octanol–water partition coefficient (Wildman–Crippen LogP) is 1.87. The third-order valence-electron chi connectivity index (χ3n) is 2.78. The van der Waals surface area contributed by atoms with Crippen LogP contribution in [0, 0.1) is 0 Å². The molecule has 1 heterocycles. The number of hydrogen-bond acceptors (Lipinski definition) is 3. The Labute approximate surface area is 81.8 Å². The average Bonchev–Trinajstić information content (AvgIpc) is 2.63. The van der Waals surface area contributed by atoms with E-state index in [0.29, 0.717) is 12.8 Å². The Balaban J connectivity index is 2.27. The third kappa shape index (κ3) is 1.52. The molecule has 3 heteroatoms. The molecule has 0 aromatic carbocycles. The number of hydrogen-bond donors (Lipinski definition) is 2. The van der Waals surface area contributed by atoms with E-state index in [-0.39, 0.29) is 0 Å². The van der Waals surface area contributed by atoms with Gasteiger partial charge in [-0.25, -0.2) is 0 Å². The van der Waals surface area contributed by atoms with E-state index in [1.807, 2.05) is 17.5 Å². The molecule has 1 aliphatic carbocycles. The largest absolute Gasteiger partial charge is 0.390 e. The quantitative estimate of drug-likeness (QED) is 0.723. The molecule has 2 atom stereocenters. The predicted molar refractivity (Wildman–Crippen MR) is 52.7 cm³/mol. The lowest BCUT2D eigenvalue weighted by atomic mass is 9.81. The minimum atomic E-state index is -0.966. The van der Waals surface area contributed by atoms with E-state index in [4.69, 9.17) is 0 Å². The van der Waals surface area contributed by atoms with Crippen molar-refractivity contribution in [2.45, 2.75) is 37.4 Å². The summed E-state index contributed by atoms with van der Waals surface area (Å²) in [6.07, 6.45) is 2.85. The normalized spacial score (nSPS) is 34.8. The molecule has 13 heavy (non-hydrogen) atoms. The first-order valence-electron chi connectivity index (χ1n) is 4.68. The highest BCUT2D eigenvalue weighted by atomic mass is 32.1. The second kappa shape index (κ2) is 3.40. The summed E-state index contributed by atoms with van der Waals surface area (Å²) >= 11 is 1.52. The van der Waals surface area contributed by atoms with Gasteiger partial charge >= 0.3 is 0 Å². The van der Waals surface area contributed by atoms with E-state index in [1.54, 1.807) is 0 Å². The molecule has 1 saturated carbocycles. The van der Waals surface area contributed by atoms with Crippen LogP contribution in [0.1, 0.15) is 30.6 Å². The van der Waals surface area contributed by atoms with E-state index in [1.165, 1.54) is 11.3 Å². The highest BCUT2D eigenvalue weighted by Crippen LogP contribution is 2.39. The number of aliphatic hydroxyl groups is 2. The molecule has 1 aromatic rings. The zero-order chi connectivity index (χ0) is 9.31. The first-order valence-corrected chi connectivity index (χ1v) is 5.56. The summed E-state index contributed by atoms with van der Waals surface area (Å²) in [5.74, 6) is 0. The van der Waals surface area contributed by atoms with Crippen LogP contribution in [-0.2, 0) is 5.60 Å². The fraction of sp³-hybridized carbons (Fsp3) is 0.600. The molecule has 2 N–H and O–H groups in total. The van der Waals surface area contributed by atoms with Gasteiger partial charge in [0.1, 0.15) is 5.60 Å². The van der Waals surface area contributed by atoms with Crippen LogP contribution in [0.2, 0.25) is 0 Å². The minimum absolute atomic E-state index is 0.583. The van der Waals surface area contributed by atoms with Crippen LogP contribution in [0.15, 0.2) is 17.5 Å². The summed E-state index contributed by atoms with van der Waals surface area (Å²) in [5.41, 5.74) is -0.966. The maximum atomic E-state index is 10.3.